The number of aryl methyl sites for hydroxylation is 4. The van der Waals surface area contributed by atoms with Crippen LogP contribution in [0.15, 0.2) is 267 Å². The standard InChI is InChI=1S/C76H56N12Si/c1-49-17-5-9-25-65(49)85-69(81-61-21-13-45-77-73(61)85)53-29-37-57(38-30-53)89(58-39-31-54(32-40-58)70-82-62-22-14-46-78-74(62)86(70)66-26-10-6-18-50(66)2,59-41-33-55(34-42-59)71-83-63-23-15-47-79-75(63)87(71)67-27-11-7-19-51(67)3)60-43-35-56(36-44-60)72-84-64-24-16-48-80-76(64)88(72)68-28-12-8-20-52(68)4/h5-48H,1-4H3. The molecule has 0 aliphatic rings. The quantitative estimate of drug-likeness (QED) is 0.0875. The largest absolute Gasteiger partial charge is 0.276 e. The smallest absolute Gasteiger partial charge is 0.179 e. The minimum absolute atomic E-state index is 0.801. The molecule has 0 spiro atoms. The van der Waals surface area contributed by atoms with Crippen molar-refractivity contribution in [2.75, 3.05) is 0 Å². The Kier molecular flexibility index (Phi) is 12.8. The summed E-state index contributed by atoms with van der Waals surface area (Å²) in [5.41, 5.74) is 19.0. The Morgan fingerprint density at radius 1 is 0.236 bits per heavy atom. The predicted molar refractivity (Wildman–Crippen MR) is 360 cm³/mol. The summed E-state index contributed by atoms with van der Waals surface area (Å²) < 4.78 is 8.78. The summed E-state index contributed by atoms with van der Waals surface area (Å²) in [7, 11) is -3.43. The maximum Gasteiger partial charge on any atom is 0.179 e. The van der Waals surface area contributed by atoms with Crippen LogP contribution < -0.4 is 20.7 Å². The van der Waals surface area contributed by atoms with Gasteiger partial charge in [0.25, 0.3) is 0 Å². The molecule has 0 aliphatic heterocycles. The maximum atomic E-state index is 5.31. The summed E-state index contributed by atoms with van der Waals surface area (Å²) in [6.45, 7) is 8.55. The minimum atomic E-state index is -3.43. The van der Waals surface area contributed by atoms with E-state index < -0.39 is 8.07 Å². The summed E-state index contributed by atoms with van der Waals surface area (Å²) in [6, 6.07) is 86.3. The highest BCUT2D eigenvalue weighted by atomic mass is 28.3. The van der Waals surface area contributed by atoms with E-state index in [2.05, 4.69) is 240 Å². The third kappa shape index (κ3) is 8.72. The number of imidazole rings is 4. The van der Waals surface area contributed by atoms with Gasteiger partial charge >= 0.3 is 0 Å². The molecular formula is C76H56N12Si. The van der Waals surface area contributed by atoms with E-state index in [0.29, 0.717) is 0 Å². The second-order valence-electron chi connectivity index (χ2n) is 22.7. The lowest BCUT2D eigenvalue weighted by Gasteiger charge is -2.35. The molecule has 0 saturated heterocycles. The van der Waals surface area contributed by atoms with Crippen molar-refractivity contribution in [3.63, 3.8) is 0 Å². The molecule has 0 radical (unpaired) electrons. The Labute approximate surface area is 514 Å². The zero-order chi connectivity index (χ0) is 59.7. The van der Waals surface area contributed by atoms with E-state index >= 15 is 0 Å². The number of fused-ring (bicyclic) bond motifs is 4. The minimum Gasteiger partial charge on any atom is -0.276 e. The van der Waals surface area contributed by atoms with Gasteiger partial charge in [-0.3, -0.25) is 18.3 Å². The molecule has 0 fully saturated rings. The molecule has 0 bridgehead atoms. The van der Waals surface area contributed by atoms with Gasteiger partial charge in [-0.15, -0.1) is 0 Å². The van der Waals surface area contributed by atoms with Crippen LogP contribution in [0.1, 0.15) is 22.3 Å². The van der Waals surface area contributed by atoms with E-state index in [0.717, 1.165) is 135 Å². The second kappa shape index (κ2) is 21.5. The van der Waals surface area contributed by atoms with Crippen LogP contribution in [0.3, 0.4) is 0 Å². The molecule has 424 valence electrons. The third-order valence-corrected chi connectivity index (χ3v) is 22.2. The van der Waals surface area contributed by atoms with E-state index in [9.17, 15) is 0 Å². The Bertz CT molecular complexity index is 4690. The van der Waals surface area contributed by atoms with Crippen LogP contribution in [-0.4, -0.2) is 66.2 Å². The molecule has 8 heterocycles. The zero-order valence-electron chi connectivity index (χ0n) is 49.3. The van der Waals surface area contributed by atoms with Crippen molar-refractivity contribution < 1.29 is 0 Å². The van der Waals surface area contributed by atoms with Gasteiger partial charge in [0.2, 0.25) is 0 Å². The fourth-order valence-electron chi connectivity index (χ4n) is 13.1. The first kappa shape index (κ1) is 53.0. The Morgan fingerprint density at radius 2 is 0.449 bits per heavy atom. The highest BCUT2D eigenvalue weighted by Crippen LogP contribution is 2.35. The molecule has 16 rings (SSSR count). The van der Waals surface area contributed by atoms with Crippen molar-refractivity contribution in [2.24, 2.45) is 0 Å². The van der Waals surface area contributed by atoms with Crippen LogP contribution in [0.25, 0.3) is 113 Å². The van der Waals surface area contributed by atoms with Gasteiger partial charge in [0.15, 0.2) is 30.7 Å². The van der Waals surface area contributed by atoms with E-state index in [1.54, 1.807) is 0 Å². The van der Waals surface area contributed by atoms with Crippen LogP contribution in [0, 0.1) is 27.7 Å². The molecule has 0 atom stereocenters. The van der Waals surface area contributed by atoms with E-state index in [4.69, 9.17) is 39.9 Å². The molecule has 13 heteroatoms. The SMILES string of the molecule is Cc1ccccc1-n1c(-c2ccc([Si](c3ccc(-c4nc5cccnc5n4-c4ccccc4C)cc3)(c3ccc(-c4nc5cccnc5n4-c4ccccc4C)cc3)c3ccc(-c4nc5cccnc5n4-c4ccccc4C)cc3)cc2)nc2cccnc21. The molecule has 0 saturated carbocycles. The molecule has 0 amide bonds. The van der Waals surface area contributed by atoms with E-state index in [1.165, 1.54) is 20.7 Å². The Balaban J connectivity index is 0.939. The van der Waals surface area contributed by atoms with Crippen molar-refractivity contribution in [1.82, 2.24) is 58.1 Å². The number of para-hydroxylation sites is 4. The van der Waals surface area contributed by atoms with Gasteiger partial charge in [0.05, 0.1) is 22.7 Å². The summed E-state index contributed by atoms with van der Waals surface area (Å²) in [5.74, 6) is 3.25. The molecule has 89 heavy (non-hydrogen) atoms. The van der Waals surface area contributed by atoms with Gasteiger partial charge in [-0.1, -0.05) is 170 Å². The van der Waals surface area contributed by atoms with Gasteiger partial charge < -0.3 is 0 Å². The lowest BCUT2D eigenvalue weighted by molar-refractivity contribution is 1.06. The molecular weight excluding hydrogens is 1110 g/mol. The van der Waals surface area contributed by atoms with Crippen molar-refractivity contribution >= 4 is 73.5 Å². The number of pyridine rings is 4. The fourth-order valence-corrected chi connectivity index (χ4v) is 17.7. The lowest BCUT2D eigenvalue weighted by Crippen LogP contribution is -2.74. The van der Waals surface area contributed by atoms with E-state index in [-0.39, 0.29) is 0 Å². The van der Waals surface area contributed by atoms with E-state index in [1.807, 2.05) is 73.3 Å². The molecule has 0 aliphatic carbocycles. The first-order valence-corrected chi connectivity index (χ1v) is 31.8. The summed E-state index contributed by atoms with van der Waals surface area (Å²) in [4.78, 5) is 40.8. The number of aromatic nitrogens is 12. The average Bonchev–Trinajstić information content (AvgIpc) is 3.11. The molecule has 0 N–H and O–H groups in total. The average molecular weight is 1170 g/mol. The second-order valence-corrected chi connectivity index (χ2v) is 26.5. The molecule has 16 aromatic rings. The summed E-state index contributed by atoms with van der Waals surface area (Å²) >= 11 is 0. The number of benzene rings is 8. The van der Waals surface area contributed by atoms with Crippen LogP contribution >= 0.6 is 0 Å². The van der Waals surface area contributed by atoms with Crippen LogP contribution in [0.4, 0.5) is 0 Å². The summed E-state index contributed by atoms with van der Waals surface area (Å²) in [5, 5.41) is 4.70. The Hall–Kier alpha value is -11.5. The van der Waals surface area contributed by atoms with Gasteiger partial charge in [0, 0.05) is 47.0 Å². The highest BCUT2D eigenvalue weighted by molar-refractivity contribution is 7.19. The molecule has 12 nitrogen and oxygen atoms in total. The fraction of sp³-hybridized carbons (Fsp3) is 0.0526. The summed E-state index contributed by atoms with van der Waals surface area (Å²) in [6.07, 6.45) is 7.36. The molecule has 8 aromatic carbocycles. The normalized spacial score (nSPS) is 11.8. The van der Waals surface area contributed by atoms with Gasteiger partial charge in [-0.05, 0) is 143 Å². The predicted octanol–water partition coefficient (Wildman–Crippen LogP) is 13.9. The zero-order valence-corrected chi connectivity index (χ0v) is 50.3. The first-order chi connectivity index (χ1) is 43.8. The number of nitrogens with zero attached hydrogens (tertiary/aromatic N) is 12. The van der Waals surface area contributed by atoms with Gasteiger partial charge in [-0.25, -0.2) is 39.9 Å². The van der Waals surface area contributed by atoms with Crippen molar-refractivity contribution in [3.8, 4) is 68.3 Å². The first-order valence-electron chi connectivity index (χ1n) is 29.8. The third-order valence-electron chi connectivity index (χ3n) is 17.4. The highest BCUT2D eigenvalue weighted by Gasteiger charge is 2.42. The maximum absolute atomic E-state index is 5.31. The van der Waals surface area contributed by atoms with Crippen molar-refractivity contribution in [1.29, 1.82) is 0 Å². The number of rotatable bonds is 12. The van der Waals surface area contributed by atoms with Crippen LogP contribution in [-0.2, 0) is 0 Å². The van der Waals surface area contributed by atoms with Gasteiger partial charge in [-0.2, -0.15) is 0 Å². The lowest BCUT2D eigenvalue weighted by atomic mass is 10.1. The van der Waals surface area contributed by atoms with Crippen molar-refractivity contribution in [2.45, 2.75) is 27.7 Å². The topological polar surface area (TPSA) is 123 Å². The molecule has 8 aromatic heterocycles. The van der Waals surface area contributed by atoms with Gasteiger partial charge in [0.1, 0.15) is 45.4 Å². The van der Waals surface area contributed by atoms with Crippen molar-refractivity contribution in [3.05, 3.63) is 290 Å². The van der Waals surface area contributed by atoms with Crippen LogP contribution in [0.5, 0.6) is 0 Å². The molecule has 0 unspecified atom stereocenters. The monoisotopic (exact) mass is 1160 g/mol. The number of hydrogen-bond donors (Lipinski definition) is 0. The number of hydrogen-bond acceptors (Lipinski definition) is 8. The van der Waals surface area contributed by atoms with Crippen LogP contribution in [0.2, 0.25) is 0 Å². The Morgan fingerprint density at radius 3 is 0.663 bits per heavy atom.